The molecule has 188 valence electrons. The molecule has 0 bridgehead atoms. The lowest BCUT2D eigenvalue weighted by Gasteiger charge is -2.29. The van der Waals surface area contributed by atoms with Gasteiger partial charge in [0.15, 0.2) is 0 Å². The Morgan fingerprint density at radius 3 is 2.39 bits per heavy atom. The van der Waals surface area contributed by atoms with E-state index in [-0.39, 0.29) is 11.5 Å². The Balaban J connectivity index is 1.62. The summed E-state index contributed by atoms with van der Waals surface area (Å²) in [6.07, 6.45) is 10.7. The number of benzene rings is 2. The Hall–Kier alpha value is -3.51. The van der Waals surface area contributed by atoms with Crippen molar-refractivity contribution in [2.24, 2.45) is 0 Å². The number of carbonyl (C=O) groups is 2. The molecular weight excluding hydrogens is 450 g/mol. The molecule has 2 aromatic carbocycles. The highest BCUT2D eigenvalue weighted by atomic mass is 16.4. The summed E-state index contributed by atoms with van der Waals surface area (Å²) in [4.78, 5) is 33.7. The van der Waals surface area contributed by atoms with Gasteiger partial charge in [-0.2, -0.15) is 0 Å². The van der Waals surface area contributed by atoms with E-state index in [4.69, 9.17) is 0 Å². The fraction of sp³-hybridized carbons (Fsp3) is 0.367. The molecule has 0 radical (unpaired) electrons. The lowest BCUT2D eigenvalue weighted by Crippen LogP contribution is -2.34. The van der Waals surface area contributed by atoms with E-state index in [1.165, 1.54) is 5.56 Å². The molecule has 1 aliphatic heterocycles. The molecule has 6 heteroatoms. The third-order valence-electron chi connectivity index (χ3n) is 6.80. The molecule has 0 atom stereocenters. The number of aryl methyl sites for hydroxylation is 1. The number of carbonyl (C=O) groups excluding carboxylic acids is 1. The van der Waals surface area contributed by atoms with E-state index in [9.17, 15) is 14.7 Å². The number of pyridine rings is 1. The largest absolute Gasteiger partial charge is 0.478 e. The Morgan fingerprint density at radius 2 is 1.64 bits per heavy atom. The van der Waals surface area contributed by atoms with Gasteiger partial charge in [0.2, 0.25) is 0 Å². The van der Waals surface area contributed by atoms with Crippen LogP contribution in [0.1, 0.15) is 70.4 Å². The number of carboxylic acids is 1. The van der Waals surface area contributed by atoms with Gasteiger partial charge < -0.3 is 10.0 Å². The van der Waals surface area contributed by atoms with Gasteiger partial charge in [-0.15, -0.1) is 0 Å². The van der Waals surface area contributed by atoms with Crippen LogP contribution < -0.4 is 4.90 Å². The summed E-state index contributed by atoms with van der Waals surface area (Å²) in [6, 6.07) is 19.2. The van der Waals surface area contributed by atoms with Crippen molar-refractivity contribution >= 4 is 17.6 Å². The summed E-state index contributed by atoms with van der Waals surface area (Å²) in [5.41, 5.74) is 3.79. The minimum absolute atomic E-state index is 0.0971. The quantitative estimate of drug-likeness (QED) is 0.476. The second-order valence-electron chi connectivity index (χ2n) is 9.48. The Kier molecular flexibility index (Phi) is 9.22. The van der Waals surface area contributed by atoms with E-state index in [1.807, 2.05) is 11.0 Å². The second-order valence-corrected chi connectivity index (χ2v) is 9.48. The Bertz CT molecular complexity index is 1130. The number of aromatic nitrogens is 1. The zero-order valence-corrected chi connectivity index (χ0v) is 20.8. The van der Waals surface area contributed by atoms with Crippen LogP contribution in [-0.2, 0) is 13.0 Å². The maximum absolute atomic E-state index is 13.6. The van der Waals surface area contributed by atoms with Gasteiger partial charge in [-0.25, -0.2) is 4.79 Å². The maximum atomic E-state index is 13.6. The Morgan fingerprint density at radius 1 is 0.861 bits per heavy atom. The van der Waals surface area contributed by atoms with E-state index in [0.717, 1.165) is 69.3 Å². The Labute approximate surface area is 213 Å². The first-order valence-electron chi connectivity index (χ1n) is 13.0. The number of aromatic carboxylic acids is 1. The monoisotopic (exact) mass is 485 g/mol. The van der Waals surface area contributed by atoms with E-state index >= 15 is 0 Å². The SMILES string of the molecule is O=C(O)c1ccc2c(c1)CN(CCCc1ccccc1)CCCCCCCN2C(=O)c1cccnc1. The molecule has 0 fully saturated rings. The van der Waals surface area contributed by atoms with Crippen LogP contribution in [0.2, 0.25) is 0 Å². The van der Waals surface area contributed by atoms with Gasteiger partial charge in [-0.1, -0.05) is 49.6 Å². The predicted octanol–water partition coefficient (Wildman–Crippen LogP) is 5.83. The highest BCUT2D eigenvalue weighted by Gasteiger charge is 2.23. The number of hydrogen-bond acceptors (Lipinski definition) is 4. The molecule has 0 aliphatic carbocycles. The summed E-state index contributed by atoms with van der Waals surface area (Å²) < 4.78 is 0. The van der Waals surface area contributed by atoms with Crippen molar-refractivity contribution in [1.82, 2.24) is 9.88 Å². The number of anilines is 1. The third kappa shape index (κ3) is 7.01. The molecular formula is C30H35N3O3. The number of amides is 1. The molecule has 0 unspecified atom stereocenters. The number of nitrogens with zero attached hydrogens (tertiary/aromatic N) is 3. The van der Waals surface area contributed by atoms with Gasteiger partial charge in [0, 0.05) is 31.2 Å². The summed E-state index contributed by atoms with van der Waals surface area (Å²) in [7, 11) is 0. The van der Waals surface area contributed by atoms with Gasteiger partial charge >= 0.3 is 5.97 Å². The molecule has 36 heavy (non-hydrogen) atoms. The van der Waals surface area contributed by atoms with E-state index in [1.54, 1.807) is 42.7 Å². The van der Waals surface area contributed by atoms with E-state index in [0.29, 0.717) is 18.7 Å². The minimum Gasteiger partial charge on any atom is -0.478 e. The number of hydrogen-bond donors (Lipinski definition) is 1. The summed E-state index contributed by atoms with van der Waals surface area (Å²) in [6.45, 7) is 3.09. The molecule has 4 rings (SSSR count). The van der Waals surface area contributed by atoms with Gasteiger partial charge in [-0.05, 0) is 80.2 Å². The van der Waals surface area contributed by atoms with Gasteiger partial charge in [0.1, 0.15) is 0 Å². The maximum Gasteiger partial charge on any atom is 0.335 e. The first-order chi connectivity index (χ1) is 17.6. The molecule has 1 aromatic heterocycles. The van der Waals surface area contributed by atoms with Crippen LogP contribution in [0.15, 0.2) is 73.1 Å². The summed E-state index contributed by atoms with van der Waals surface area (Å²) >= 11 is 0. The van der Waals surface area contributed by atoms with Gasteiger partial charge in [0.25, 0.3) is 5.91 Å². The van der Waals surface area contributed by atoms with Crippen LogP contribution >= 0.6 is 0 Å². The highest BCUT2D eigenvalue weighted by Crippen LogP contribution is 2.27. The minimum atomic E-state index is -0.954. The molecule has 0 spiro atoms. The smallest absolute Gasteiger partial charge is 0.335 e. The average Bonchev–Trinajstić information content (AvgIpc) is 2.90. The zero-order chi connectivity index (χ0) is 25.2. The first-order valence-corrected chi connectivity index (χ1v) is 13.0. The van der Waals surface area contributed by atoms with E-state index in [2.05, 4.69) is 34.1 Å². The van der Waals surface area contributed by atoms with Crippen molar-refractivity contribution in [1.29, 1.82) is 0 Å². The molecule has 1 N–H and O–H groups in total. The molecule has 6 nitrogen and oxygen atoms in total. The van der Waals surface area contributed by atoms with Crippen LogP contribution in [0.25, 0.3) is 0 Å². The van der Waals surface area contributed by atoms with Crippen molar-refractivity contribution in [3.63, 3.8) is 0 Å². The predicted molar refractivity (Wildman–Crippen MR) is 142 cm³/mol. The van der Waals surface area contributed by atoms with Gasteiger partial charge in [-0.3, -0.25) is 14.7 Å². The number of carboxylic acid groups (broad SMARTS) is 1. The normalized spacial score (nSPS) is 15.4. The lowest BCUT2D eigenvalue weighted by atomic mass is 10.0. The molecule has 3 aromatic rings. The lowest BCUT2D eigenvalue weighted by molar-refractivity contribution is 0.0696. The molecule has 1 aliphatic rings. The first kappa shape index (κ1) is 25.6. The number of fused-ring (bicyclic) bond motifs is 1. The van der Waals surface area contributed by atoms with Crippen molar-refractivity contribution in [2.45, 2.75) is 51.5 Å². The van der Waals surface area contributed by atoms with Crippen LogP contribution in [0.5, 0.6) is 0 Å². The van der Waals surface area contributed by atoms with Crippen LogP contribution in [-0.4, -0.2) is 46.5 Å². The van der Waals surface area contributed by atoms with Crippen LogP contribution in [0.4, 0.5) is 5.69 Å². The topological polar surface area (TPSA) is 73.7 Å². The van der Waals surface area contributed by atoms with Crippen molar-refractivity contribution in [3.05, 3.63) is 95.3 Å². The van der Waals surface area contributed by atoms with Gasteiger partial charge in [0.05, 0.1) is 11.1 Å². The second kappa shape index (κ2) is 13.0. The average molecular weight is 486 g/mol. The fourth-order valence-electron chi connectivity index (χ4n) is 4.88. The summed E-state index contributed by atoms with van der Waals surface area (Å²) in [5, 5.41) is 9.68. The third-order valence-corrected chi connectivity index (χ3v) is 6.80. The molecule has 0 saturated heterocycles. The molecule has 0 saturated carbocycles. The summed E-state index contributed by atoms with van der Waals surface area (Å²) in [5.74, 6) is -1.05. The number of rotatable bonds is 6. The zero-order valence-electron chi connectivity index (χ0n) is 20.8. The van der Waals surface area contributed by atoms with Crippen LogP contribution in [0.3, 0.4) is 0 Å². The molecule has 2 heterocycles. The highest BCUT2D eigenvalue weighted by molar-refractivity contribution is 6.06. The van der Waals surface area contributed by atoms with Crippen molar-refractivity contribution in [2.75, 3.05) is 24.5 Å². The molecule has 1 amide bonds. The van der Waals surface area contributed by atoms with Crippen LogP contribution in [0, 0.1) is 0 Å². The standard InChI is InChI=1S/C30H35N3O3/c34-29(26-14-9-17-31-22-26)33-20-8-3-1-2-7-18-32(19-10-13-24-11-5-4-6-12-24)23-27-21-25(30(35)36)15-16-28(27)33/h4-6,9,11-12,14-17,21-22H,1-3,7-8,10,13,18-20,23H2,(H,35,36). The fourth-order valence-corrected chi connectivity index (χ4v) is 4.88. The van der Waals surface area contributed by atoms with Crippen molar-refractivity contribution in [3.8, 4) is 0 Å². The van der Waals surface area contributed by atoms with Crippen molar-refractivity contribution < 1.29 is 14.7 Å². The van der Waals surface area contributed by atoms with E-state index < -0.39 is 5.97 Å².